The number of nitrogens with zero attached hydrogens (tertiary/aromatic N) is 1. The number of aliphatic imine (C=N–C) groups is 1. The third-order valence-corrected chi connectivity index (χ3v) is 11.7. The fourth-order valence-corrected chi connectivity index (χ4v) is 8.51. The molecule has 10 amide bonds. The molecule has 7 atom stereocenters. The van der Waals surface area contributed by atoms with Crippen LogP contribution in [-0.2, 0) is 43.2 Å². The molecule has 1 unspecified atom stereocenters. The number of hydrogen-bond acceptors (Lipinski definition) is 13. The highest BCUT2D eigenvalue weighted by atomic mass is 32.2. The average Bonchev–Trinajstić information content (AvgIpc) is 3.78. The number of rotatable bonds is 31. The number of unbranched alkanes of at least 4 members (excludes halogenated alkanes) is 2. The smallest absolute Gasteiger partial charge is 0.315 e. The number of hydrogen-bond donors (Lipinski definition) is 14. The molecule has 2 aliphatic heterocycles. The summed E-state index contributed by atoms with van der Waals surface area (Å²) in [7, 11) is 0. The number of carbonyl (C=O) groups is 10. The molecule has 64 heavy (non-hydrogen) atoms. The van der Waals surface area contributed by atoms with Crippen molar-refractivity contribution < 1.29 is 58.3 Å². The summed E-state index contributed by atoms with van der Waals surface area (Å²) in [5, 5.41) is 39.2. The molecule has 0 spiro atoms. The number of carboxylic acid groups (broad SMARTS) is 1. The number of urea groups is 1. The Morgan fingerprint density at radius 2 is 1.44 bits per heavy atom. The highest BCUT2D eigenvalue weighted by Crippen LogP contribution is 2.33. The lowest BCUT2D eigenvalue weighted by Gasteiger charge is -2.24. The van der Waals surface area contributed by atoms with Crippen LogP contribution in [0.25, 0.3) is 0 Å². The van der Waals surface area contributed by atoms with Crippen LogP contribution in [-0.4, -0.2) is 143 Å². The lowest BCUT2D eigenvalue weighted by atomic mass is 9.92. The Balaban J connectivity index is 1.82. The van der Waals surface area contributed by atoms with Crippen LogP contribution < -0.4 is 65.2 Å². The lowest BCUT2D eigenvalue weighted by Crippen LogP contribution is -2.56. The Labute approximate surface area is 374 Å². The maximum absolute atomic E-state index is 13.3. The Morgan fingerprint density at radius 3 is 2.09 bits per heavy atom. The van der Waals surface area contributed by atoms with Gasteiger partial charge in [0.2, 0.25) is 47.3 Å². The van der Waals surface area contributed by atoms with Crippen LogP contribution in [0.3, 0.4) is 0 Å². The summed E-state index contributed by atoms with van der Waals surface area (Å²) in [6.07, 6.45) is 2.73. The van der Waals surface area contributed by atoms with Crippen LogP contribution in [0.5, 0.6) is 0 Å². The van der Waals surface area contributed by atoms with Gasteiger partial charge < -0.3 is 64.8 Å². The quantitative estimate of drug-likeness (QED) is 0.00794. The number of fused-ring (bicyclic) bond motifs is 1. The van der Waals surface area contributed by atoms with Crippen molar-refractivity contribution >= 4 is 77.0 Å². The molecule has 17 N–H and O–H groups in total. The van der Waals surface area contributed by atoms with Crippen molar-refractivity contribution in [1.29, 1.82) is 0 Å². The first kappa shape index (κ1) is 54.2. The van der Waals surface area contributed by atoms with E-state index in [2.05, 4.69) is 47.5 Å². The molecule has 26 heteroatoms. The molecule has 2 rings (SSSR count). The fraction of sp³-hybridized carbons (Fsp3) is 0.711. The van der Waals surface area contributed by atoms with E-state index < -0.39 is 97.3 Å². The Morgan fingerprint density at radius 1 is 0.750 bits per heavy atom. The van der Waals surface area contributed by atoms with Crippen molar-refractivity contribution in [3.8, 4) is 0 Å². The van der Waals surface area contributed by atoms with Gasteiger partial charge in [0, 0.05) is 42.9 Å². The molecule has 2 saturated heterocycles. The van der Waals surface area contributed by atoms with Crippen molar-refractivity contribution in [1.82, 2.24) is 48.0 Å². The van der Waals surface area contributed by atoms with Crippen molar-refractivity contribution in [2.24, 2.45) is 34.0 Å². The van der Waals surface area contributed by atoms with Crippen LogP contribution in [0.4, 0.5) is 4.79 Å². The summed E-state index contributed by atoms with van der Waals surface area (Å²) in [6.45, 7) is 2.65. The standard InChI is InChI=1S/C38H65N13O12S/c1-20(2)14-21(15-28(53)51-63)34(59)48-24(16-31(56)57)36(61)47-23(9-7-13-43-37(40)41)35(60)45-17-29(54)44-18-30(55)46-22(33(39)58)8-5-6-12-42-27(52)11-4-3-10-26-32-25(19-64-26)49-38(62)50-32/h20-26,32,63H,3-19H2,1-2H3,(H2,39,58)(H,42,52)(H,44,54)(H,45,60)(H,46,55)(H,47,61)(H,48,59)(H,51,53)(H,56,57)(H4,40,41,43)(H2,49,50,62)/t21?,22-,23-,24-,25-,26-,32-/m0/s1. The van der Waals surface area contributed by atoms with Gasteiger partial charge in [-0.3, -0.25) is 53.4 Å². The van der Waals surface area contributed by atoms with Gasteiger partial charge in [0.05, 0.1) is 31.6 Å². The predicted octanol–water partition coefficient (Wildman–Crippen LogP) is -3.74. The molecule has 0 aromatic carbocycles. The van der Waals surface area contributed by atoms with E-state index in [4.69, 9.17) is 22.4 Å². The Bertz CT molecular complexity index is 1680. The van der Waals surface area contributed by atoms with E-state index in [-0.39, 0.29) is 68.1 Å². The molecule has 0 saturated carbocycles. The third kappa shape index (κ3) is 21.4. The van der Waals surface area contributed by atoms with E-state index in [0.29, 0.717) is 37.5 Å². The van der Waals surface area contributed by atoms with E-state index in [1.54, 1.807) is 13.8 Å². The molecular formula is C38H65N13O12S. The second-order valence-electron chi connectivity index (χ2n) is 16.0. The SMILES string of the molecule is CC(C)CC(CC(=O)NO)C(=O)N[C@@H](CC(=O)O)C(=O)N[C@@H](CCCN=C(N)N)C(=O)NCC(=O)NCC(=O)N[C@@H](CCCCNC(=O)CCCC[C@@H]1SC[C@@H]2NC(=O)N[C@@H]21)C(N)=O. The molecule has 0 bridgehead atoms. The summed E-state index contributed by atoms with van der Waals surface area (Å²) in [6, 6.07) is -4.01. The number of thioether (sulfide) groups is 1. The van der Waals surface area contributed by atoms with Crippen LogP contribution in [0, 0.1) is 11.8 Å². The van der Waals surface area contributed by atoms with Crippen molar-refractivity contribution in [2.75, 3.05) is 31.9 Å². The summed E-state index contributed by atoms with van der Waals surface area (Å²) in [5.41, 5.74) is 17.6. The maximum Gasteiger partial charge on any atom is 0.315 e. The molecule has 360 valence electrons. The van der Waals surface area contributed by atoms with E-state index in [0.717, 1.165) is 18.6 Å². The van der Waals surface area contributed by atoms with Gasteiger partial charge in [-0.05, 0) is 57.3 Å². The van der Waals surface area contributed by atoms with Gasteiger partial charge in [0.25, 0.3) is 0 Å². The monoisotopic (exact) mass is 927 g/mol. The van der Waals surface area contributed by atoms with Gasteiger partial charge in [-0.15, -0.1) is 0 Å². The number of primary amides is 1. The summed E-state index contributed by atoms with van der Waals surface area (Å²) >= 11 is 1.82. The van der Waals surface area contributed by atoms with Gasteiger partial charge in [0.15, 0.2) is 5.96 Å². The molecule has 0 aromatic heterocycles. The van der Waals surface area contributed by atoms with Crippen LogP contribution in [0.1, 0.15) is 90.9 Å². The van der Waals surface area contributed by atoms with Crippen LogP contribution in [0.15, 0.2) is 4.99 Å². The zero-order chi connectivity index (χ0) is 47.8. The summed E-state index contributed by atoms with van der Waals surface area (Å²) in [5.74, 6) is -8.14. The number of carbonyl (C=O) groups excluding carboxylic acids is 9. The van der Waals surface area contributed by atoms with E-state index >= 15 is 0 Å². The number of hydroxylamine groups is 1. The van der Waals surface area contributed by atoms with Crippen LogP contribution in [0.2, 0.25) is 0 Å². The number of aliphatic carboxylic acids is 1. The number of guanidine groups is 1. The molecule has 0 aliphatic carbocycles. The van der Waals surface area contributed by atoms with Crippen LogP contribution >= 0.6 is 11.8 Å². The fourth-order valence-electron chi connectivity index (χ4n) is 6.97. The van der Waals surface area contributed by atoms with E-state index in [1.807, 2.05) is 11.8 Å². The van der Waals surface area contributed by atoms with Gasteiger partial charge in [-0.1, -0.05) is 20.3 Å². The predicted molar refractivity (Wildman–Crippen MR) is 231 cm³/mol. The first-order chi connectivity index (χ1) is 30.3. The number of nitrogens with one attached hydrogen (secondary N) is 9. The Kier molecular flexibility index (Phi) is 24.3. The minimum Gasteiger partial charge on any atom is -0.481 e. The molecule has 2 aliphatic rings. The number of carboxylic acids is 1. The van der Waals surface area contributed by atoms with Gasteiger partial charge in [-0.25, -0.2) is 10.3 Å². The summed E-state index contributed by atoms with van der Waals surface area (Å²) < 4.78 is 0. The number of amides is 10. The molecule has 25 nitrogen and oxygen atoms in total. The summed E-state index contributed by atoms with van der Waals surface area (Å²) in [4.78, 5) is 128. The first-order valence-corrected chi connectivity index (χ1v) is 22.2. The normalized spacial score (nSPS) is 18.1. The zero-order valence-electron chi connectivity index (χ0n) is 36.2. The second-order valence-corrected chi connectivity index (χ2v) is 17.2. The third-order valence-electron chi connectivity index (χ3n) is 10.1. The molecule has 0 aromatic rings. The van der Waals surface area contributed by atoms with Gasteiger partial charge in [-0.2, -0.15) is 11.8 Å². The minimum absolute atomic E-state index is 0.0314. The van der Waals surface area contributed by atoms with Gasteiger partial charge in [0.1, 0.15) is 18.1 Å². The molecule has 2 fully saturated rings. The largest absolute Gasteiger partial charge is 0.481 e. The first-order valence-electron chi connectivity index (χ1n) is 21.2. The topological polar surface area (TPSA) is 410 Å². The number of nitrogens with two attached hydrogens (primary N) is 3. The zero-order valence-corrected chi connectivity index (χ0v) is 37.0. The van der Waals surface area contributed by atoms with E-state index in [9.17, 15) is 53.1 Å². The van der Waals surface area contributed by atoms with Crippen molar-refractivity contribution in [3.05, 3.63) is 0 Å². The lowest BCUT2D eigenvalue weighted by molar-refractivity contribution is -0.142. The molecule has 2 heterocycles. The minimum atomic E-state index is -1.70. The van der Waals surface area contributed by atoms with Crippen molar-refractivity contribution in [3.63, 3.8) is 0 Å². The maximum atomic E-state index is 13.3. The molecule has 0 radical (unpaired) electrons. The molecular weight excluding hydrogens is 863 g/mol. The Hall–Kier alpha value is -5.92. The van der Waals surface area contributed by atoms with Crippen molar-refractivity contribution in [2.45, 2.75) is 126 Å². The second kappa shape index (κ2) is 28.7. The van der Waals surface area contributed by atoms with E-state index in [1.165, 1.54) is 5.48 Å². The average molecular weight is 928 g/mol. The highest BCUT2D eigenvalue weighted by molar-refractivity contribution is 8.00. The highest BCUT2D eigenvalue weighted by Gasteiger charge is 2.42. The van der Waals surface area contributed by atoms with Gasteiger partial charge >= 0.3 is 12.0 Å².